The van der Waals surface area contributed by atoms with E-state index in [0.717, 1.165) is 39.7 Å². The van der Waals surface area contributed by atoms with E-state index in [1.54, 1.807) is 0 Å². The van der Waals surface area contributed by atoms with Crippen LogP contribution in [-0.2, 0) is 14.9 Å². The summed E-state index contributed by atoms with van der Waals surface area (Å²) in [4.78, 5) is 13.5. The molecule has 0 saturated carbocycles. The van der Waals surface area contributed by atoms with Crippen molar-refractivity contribution in [1.82, 2.24) is 0 Å². The third-order valence-electron chi connectivity index (χ3n) is 6.89. The molecule has 1 aliphatic heterocycles. The molecule has 1 aliphatic carbocycles. The number of quaternary nitrogens is 1. The molecule has 1 heterocycles. The van der Waals surface area contributed by atoms with Gasteiger partial charge in [0.05, 0.1) is 20.6 Å². The lowest BCUT2D eigenvalue weighted by molar-refractivity contribution is -0.924. The Hall–Kier alpha value is -2.17. The molecule has 148 valence electrons. The van der Waals surface area contributed by atoms with Crippen LogP contribution in [0, 0.1) is 0 Å². The van der Waals surface area contributed by atoms with Gasteiger partial charge in [-0.05, 0) is 36.1 Å². The second-order valence-corrected chi connectivity index (χ2v) is 9.08. The molecule has 0 radical (unpaired) electrons. The number of carbonyl (C=O) groups excluding carboxylic acids is 1. The summed E-state index contributed by atoms with van der Waals surface area (Å²) in [6.45, 7) is 4.70. The Bertz CT molecular complexity index is 857. The standard InChI is InChI=1S/C24H30NO3/c1-16(26)22-15-17(13-14-25(22,3)4)28-23(27)24(2)20-11-7-5-9-18(20)19-10-6-8-12-21(19)24/h5-12,16-17,22,26H,13-15H2,1-4H3/q+1/t16-,17-,22-/m0/s1. The fourth-order valence-electron chi connectivity index (χ4n) is 5.15. The van der Waals surface area contributed by atoms with Crippen LogP contribution in [0.2, 0.25) is 0 Å². The zero-order valence-corrected chi connectivity index (χ0v) is 17.2. The summed E-state index contributed by atoms with van der Waals surface area (Å²) in [5.41, 5.74) is 3.46. The van der Waals surface area contributed by atoms with Crippen LogP contribution < -0.4 is 0 Å². The lowest BCUT2D eigenvalue weighted by atomic mass is 9.80. The van der Waals surface area contributed by atoms with Crippen LogP contribution in [-0.4, -0.2) is 54.4 Å². The first-order chi connectivity index (χ1) is 13.2. The molecule has 4 heteroatoms. The summed E-state index contributed by atoms with van der Waals surface area (Å²) in [5, 5.41) is 10.2. The molecule has 0 amide bonds. The van der Waals surface area contributed by atoms with Gasteiger partial charge in [0.15, 0.2) is 0 Å². The van der Waals surface area contributed by atoms with E-state index in [4.69, 9.17) is 4.74 Å². The molecule has 4 nitrogen and oxygen atoms in total. The van der Waals surface area contributed by atoms with Crippen molar-refractivity contribution in [2.75, 3.05) is 20.6 Å². The van der Waals surface area contributed by atoms with Crippen molar-refractivity contribution in [2.45, 2.75) is 50.4 Å². The number of nitrogens with zero attached hydrogens (tertiary/aromatic N) is 1. The predicted molar refractivity (Wildman–Crippen MR) is 110 cm³/mol. The van der Waals surface area contributed by atoms with Gasteiger partial charge in [0, 0.05) is 12.8 Å². The number of carbonyl (C=O) groups is 1. The van der Waals surface area contributed by atoms with Crippen molar-refractivity contribution in [3.05, 3.63) is 59.7 Å². The average Bonchev–Trinajstić information content (AvgIpc) is 2.94. The molecule has 1 fully saturated rings. The molecule has 2 aromatic rings. The molecule has 0 aromatic heterocycles. The van der Waals surface area contributed by atoms with E-state index in [1.807, 2.05) is 50.2 Å². The summed E-state index contributed by atoms with van der Waals surface area (Å²) in [5.74, 6) is -0.188. The molecule has 2 aliphatic rings. The fraction of sp³-hybridized carbons (Fsp3) is 0.458. The van der Waals surface area contributed by atoms with Gasteiger partial charge in [0.25, 0.3) is 0 Å². The largest absolute Gasteiger partial charge is 0.461 e. The summed E-state index contributed by atoms with van der Waals surface area (Å²) in [6.07, 6.45) is 0.923. The molecular formula is C24H30NO3+. The van der Waals surface area contributed by atoms with Crippen LogP contribution in [0.25, 0.3) is 11.1 Å². The maximum atomic E-state index is 13.5. The third kappa shape index (κ3) is 2.87. The molecule has 0 bridgehead atoms. The molecule has 4 rings (SSSR count). The number of piperidine rings is 1. The average molecular weight is 381 g/mol. The first-order valence-corrected chi connectivity index (χ1v) is 10.2. The van der Waals surface area contributed by atoms with Crippen molar-refractivity contribution < 1.29 is 19.1 Å². The summed E-state index contributed by atoms with van der Waals surface area (Å²) >= 11 is 0. The molecule has 0 unspecified atom stereocenters. The zero-order valence-electron chi connectivity index (χ0n) is 17.2. The van der Waals surface area contributed by atoms with Gasteiger partial charge >= 0.3 is 5.97 Å². The highest BCUT2D eigenvalue weighted by atomic mass is 16.5. The van der Waals surface area contributed by atoms with E-state index in [0.29, 0.717) is 6.42 Å². The minimum absolute atomic E-state index is 0.0718. The Balaban J connectivity index is 1.64. The Morgan fingerprint density at radius 3 is 2.18 bits per heavy atom. The van der Waals surface area contributed by atoms with E-state index in [-0.39, 0.29) is 18.1 Å². The molecule has 3 atom stereocenters. The van der Waals surface area contributed by atoms with Crippen molar-refractivity contribution in [2.24, 2.45) is 0 Å². The number of fused-ring (bicyclic) bond motifs is 3. The van der Waals surface area contributed by atoms with Crippen LogP contribution in [0.3, 0.4) is 0 Å². The molecule has 28 heavy (non-hydrogen) atoms. The van der Waals surface area contributed by atoms with Crippen LogP contribution >= 0.6 is 0 Å². The van der Waals surface area contributed by atoms with Crippen molar-refractivity contribution >= 4 is 5.97 Å². The Labute approximate surface area is 167 Å². The van der Waals surface area contributed by atoms with Crippen molar-refractivity contribution in [3.63, 3.8) is 0 Å². The lowest BCUT2D eigenvalue weighted by Crippen LogP contribution is -2.59. The lowest BCUT2D eigenvalue weighted by Gasteiger charge is -2.45. The van der Waals surface area contributed by atoms with Gasteiger partial charge in [-0.15, -0.1) is 0 Å². The predicted octanol–water partition coefficient (Wildman–Crippen LogP) is 3.50. The minimum atomic E-state index is -0.796. The normalized spacial score (nSPS) is 25.5. The molecular weight excluding hydrogens is 350 g/mol. The van der Waals surface area contributed by atoms with Gasteiger partial charge in [-0.25, -0.2) is 0 Å². The molecule has 1 saturated heterocycles. The topological polar surface area (TPSA) is 46.5 Å². The van der Waals surface area contributed by atoms with Crippen molar-refractivity contribution in [1.29, 1.82) is 0 Å². The number of rotatable bonds is 3. The van der Waals surface area contributed by atoms with Gasteiger partial charge in [0.2, 0.25) is 0 Å². The summed E-state index contributed by atoms with van der Waals surface area (Å²) in [6, 6.07) is 16.3. The molecule has 2 aromatic carbocycles. The summed E-state index contributed by atoms with van der Waals surface area (Å²) < 4.78 is 6.86. The maximum Gasteiger partial charge on any atom is 0.321 e. The Kier molecular flexibility index (Phi) is 4.59. The minimum Gasteiger partial charge on any atom is -0.461 e. The quantitative estimate of drug-likeness (QED) is 0.655. The first-order valence-electron chi connectivity index (χ1n) is 10.2. The highest BCUT2D eigenvalue weighted by molar-refractivity contribution is 5.97. The smallest absolute Gasteiger partial charge is 0.321 e. The van der Waals surface area contributed by atoms with Crippen LogP contribution in [0.1, 0.15) is 37.8 Å². The van der Waals surface area contributed by atoms with E-state index < -0.39 is 11.5 Å². The van der Waals surface area contributed by atoms with Crippen LogP contribution in [0.15, 0.2) is 48.5 Å². The number of likely N-dealkylation sites (N-methyl/N-ethyl adjacent to an activating group) is 1. The number of likely N-dealkylation sites (tertiary alicyclic amines) is 1. The SMILES string of the molecule is C[C@H](O)[C@@H]1C[C@@H](OC(=O)C2(C)c3ccccc3-c3ccccc32)CC[N+]1(C)C. The highest BCUT2D eigenvalue weighted by Gasteiger charge is 2.48. The monoisotopic (exact) mass is 380 g/mol. The van der Waals surface area contributed by atoms with E-state index in [2.05, 4.69) is 26.2 Å². The molecule has 0 spiro atoms. The molecule has 1 N–H and O–H groups in total. The number of ether oxygens (including phenoxy) is 1. The number of aliphatic hydroxyl groups is 1. The Morgan fingerprint density at radius 2 is 1.64 bits per heavy atom. The van der Waals surface area contributed by atoms with Gasteiger partial charge in [-0.1, -0.05) is 48.5 Å². The van der Waals surface area contributed by atoms with Crippen LogP contribution in [0.5, 0.6) is 0 Å². The van der Waals surface area contributed by atoms with E-state index in [9.17, 15) is 9.90 Å². The van der Waals surface area contributed by atoms with Gasteiger partial charge in [0.1, 0.15) is 23.7 Å². The van der Waals surface area contributed by atoms with Gasteiger partial charge < -0.3 is 14.3 Å². The maximum absolute atomic E-state index is 13.5. The van der Waals surface area contributed by atoms with E-state index >= 15 is 0 Å². The number of hydrogen-bond donors (Lipinski definition) is 1. The van der Waals surface area contributed by atoms with Crippen LogP contribution in [0.4, 0.5) is 0 Å². The first kappa shape index (κ1) is 19.2. The van der Waals surface area contributed by atoms with Gasteiger partial charge in [-0.3, -0.25) is 4.79 Å². The number of aliphatic hydroxyl groups excluding tert-OH is 1. The highest BCUT2D eigenvalue weighted by Crippen LogP contribution is 2.49. The second kappa shape index (κ2) is 6.71. The third-order valence-corrected chi connectivity index (χ3v) is 6.89. The number of benzene rings is 2. The summed E-state index contributed by atoms with van der Waals surface area (Å²) in [7, 11) is 4.28. The zero-order chi connectivity index (χ0) is 20.1. The Morgan fingerprint density at radius 1 is 1.11 bits per heavy atom. The van der Waals surface area contributed by atoms with E-state index in [1.165, 1.54) is 0 Å². The number of hydrogen-bond acceptors (Lipinski definition) is 3. The van der Waals surface area contributed by atoms with Crippen molar-refractivity contribution in [3.8, 4) is 11.1 Å². The second-order valence-electron chi connectivity index (χ2n) is 9.08. The number of esters is 1. The van der Waals surface area contributed by atoms with Gasteiger partial charge in [-0.2, -0.15) is 0 Å². The fourth-order valence-corrected chi connectivity index (χ4v) is 5.15.